The molecule has 0 aliphatic heterocycles. The quantitative estimate of drug-likeness (QED) is 0.461. The fraction of sp³-hybridized carbons (Fsp3) is 0.111. The molecule has 11 heteroatoms. The molecule has 2 rings (SSSR count). The molecule has 0 radical (unpaired) electrons. The molecule has 0 atom stereocenters. The SMILES string of the molecule is O=[N+]([O-])c1ccc(OCc2ncon2)c(S(=O)(=O)Cl)c1. The van der Waals surface area contributed by atoms with E-state index in [2.05, 4.69) is 14.7 Å². The number of rotatable bonds is 5. The average molecular weight is 320 g/mol. The van der Waals surface area contributed by atoms with Gasteiger partial charge in [0.1, 0.15) is 10.6 Å². The molecule has 1 aromatic heterocycles. The minimum Gasteiger partial charge on any atom is -0.484 e. The first kappa shape index (κ1) is 14.2. The van der Waals surface area contributed by atoms with Gasteiger partial charge in [0, 0.05) is 22.8 Å². The first-order valence-electron chi connectivity index (χ1n) is 4.99. The first-order valence-corrected chi connectivity index (χ1v) is 7.30. The van der Waals surface area contributed by atoms with Crippen LogP contribution in [-0.2, 0) is 15.7 Å². The molecule has 106 valence electrons. The van der Waals surface area contributed by atoms with Crippen molar-refractivity contribution >= 4 is 25.4 Å². The number of nitrogens with zero attached hydrogens (tertiary/aromatic N) is 3. The Balaban J connectivity index is 2.34. The highest BCUT2D eigenvalue weighted by molar-refractivity contribution is 8.13. The summed E-state index contributed by atoms with van der Waals surface area (Å²) in [6.07, 6.45) is 1.08. The number of nitro groups is 1. The van der Waals surface area contributed by atoms with Gasteiger partial charge in [-0.3, -0.25) is 10.1 Å². The predicted molar refractivity (Wildman–Crippen MR) is 64.8 cm³/mol. The molecule has 0 aliphatic carbocycles. The summed E-state index contributed by atoms with van der Waals surface area (Å²) in [6, 6.07) is 3.04. The Morgan fingerprint density at radius 1 is 1.45 bits per heavy atom. The lowest BCUT2D eigenvalue weighted by Gasteiger charge is -2.07. The number of ether oxygens (including phenoxy) is 1. The van der Waals surface area contributed by atoms with Crippen LogP contribution < -0.4 is 4.74 Å². The Morgan fingerprint density at radius 3 is 2.75 bits per heavy atom. The van der Waals surface area contributed by atoms with E-state index in [1.54, 1.807) is 0 Å². The molecular formula is C9H6ClN3O6S. The minimum atomic E-state index is -4.20. The standard InChI is InChI=1S/C9H6ClN3O6S/c10-20(16,17)8-3-6(13(14)15)1-2-7(8)18-4-9-11-5-19-12-9/h1-3,5H,4H2. The largest absolute Gasteiger partial charge is 0.484 e. The van der Waals surface area contributed by atoms with Crippen LogP contribution in [0.1, 0.15) is 5.82 Å². The Labute approximate surface area is 116 Å². The maximum Gasteiger partial charge on any atom is 0.271 e. The molecule has 0 saturated carbocycles. The molecule has 0 saturated heterocycles. The van der Waals surface area contributed by atoms with Crippen molar-refractivity contribution in [3.05, 3.63) is 40.5 Å². The molecule has 20 heavy (non-hydrogen) atoms. The van der Waals surface area contributed by atoms with Gasteiger partial charge in [0.15, 0.2) is 6.61 Å². The smallest absolute Gasteiger partial charge is 0.271 e. The normalized spacial score (nSPS) is 11.2. The van der Waals surface area contributed by atoms with Gasteiger partial charge in [0.05, 0.1) is 4.92 Å². The summed E-state index contributed by atoms with van der Waals surface area (Å²) in [6.45, 7) is -0.173. The Bertz CT molecular complexity index is 730. The highest BCUT2D eigenvalue weighted by Crippen LogP contribution is 2.31. The maximum absolute atomic E-state index is 11.4. The van der Waals surface area contributed by atoms with Crippen molar-refractivity contribution in [3.63, 3.8) is 0 Å². The van der Waals surface area contributed by atoms with Crippen LogP contribution in [0.25, 0.3) is 0 Å². The summed E-state index contributed by atoms with van der Waals surface area (Å²) >= 11 is 0. The second-order valence-corrected chi connectivity index (χ2v) is 6.00. The van der Waals surface area contributed by atoms with E-state index in [0.29, 0.717) is 0 Å². The van der Waals surface area contributed by atoms with Gasteiger partial charge in [0.2, 0.25) is 12.2 Å². The van der Waals surface area contributed by atoms with Crippen LogP contribution in [0.4, 0.5) is 5.69 Å². The Kier molecular flexibility index (Phi) is 3.86. The molecule has 1 heterocycles. The molecule has 0 spiro atoms. The summed E-state index contributed by atoms with van der Waals surface area (Å²) in [5.41, 5.74) is -0.420. The number of non-ortho nitro benzene ring substituents is 1. The zero-order chi connectivity index (χ0) is 14.8. The minimum absolute atomic E-state index is 0.143. The van der Waals surface area contributed by atoms with E-state index >= 15 is 0 Å². The number of benzene rings is 1. The molecule has 0 unspecified atom stereocenters. The van der Waals surface area contributed by atoms with E-state index in [-0.39, 0.29) is 18.2 Å². The molecule has 0 bridgehead atoms. The van der Waals surface area contributed by atoms with Crippen LogP contribution in [0, 0.1) is 10.1 Å². The number of hydrogen-bond donors (Lipinski definition) is 0. The van der Waals surface area contributed by atoms with Crippen molar-refractivity contribution < 1.29 is 22.6 Å². The van der Waals surface area contributed by atoms with Gasteiger partial charge < -0.3 is 9.26 Å². The summed E-state index contributed by atoms with van der Waals surface area (Å²) in [4.78, 5) is 13.1. The van der Waals surface area contributed by atoms with E-state index in [4.69, 9.17) is 15.4 Å². The third-order valence-corrected chi connectivity index (χ3v) is 3.51. The van der Waals surface area contributed by atoms with Crippen LogP contribution in [0.3, 0.4) is 0 Å². The van der Waals surface area contributed by atoms with Gasteiger partial charge in [0.25, 0.3) is 14.7 Å². The first-order chi connectivity index (χ1) is 9.38. The molecule has 0 N–H and O–H groups in total. The summed E-state index contributed by atoms with van der Waals surface area (Å²) in [7, 11) is 1.02. The van der Waals surface area contributed by atoms with Crippen LogP contribution in [0.15, 0.2) is 34.0 Å². The lowest BCUT2D eigenvalue weighted by atomic mass is 10.3. The van der Waals surface area contributed by atoms with Gasteiger partial charge in [-0.1, -0.05) is 5.16 Å². The van der Waals surface area contributed by atoms with E-state index in [1.807, 2.05) is 0 Å². The average Bonchev–Trinajstić information content (AvgIpc) is 2.88. The molecule has 1 aromatic carbocycles. The van der Waals surface area contributed by atoms with Crippen LogP contribution in [-0.4, -0.2) is 23.5 Å². The zero-order valence-corrected chi connectivity index (χ0v) is 11.2. The number of aromatic nitrogens is 2. The second-order valence-electron chi connectivity index (χ2n) is 3.46. The Morgan fingerprint density at radius 2 is 2.20 bits per heavy atom. The predicted octanol–water partition coefficient (Wildman–Crippen LogP) is 1.48. The second kappa shape index (κ2) is 5.43. The molecule has 2 aromatic rings. The molecule has 0 aliphatic rings. The van der Waals surface area contributed by atoms with Crippen molar-refractivity contribution in [2.24, 2.45) is 0 Å². The van der Waals surface area contributed by atoms with Crippen molar-refractivity contribution in [3.8, 4) is 5.75 Å². The lowest BCUT2D eigenvalue weighted by molar-refractivity contribution is -0.385. The number of halogens is 1. The fourth-order valence-electron chi connectivity index (χ4n) is 1.32. The van der Waals surface area contributed by atoms with Crippen LogP contribution >= 0.6 is 10.7 Å². The van der Waals surface area contributed by atoms with Crippen molar-refractivity contribution in [2.45, 2.75) is 11.5 Å². The van der Waals surface area contributed by atoms with Gasteiger partial charge in [-0.2, -0.15) is 4.98 Å². The van der Waals surface area contributed by atoms with Gasteiger partial charge in [-0.25, -0.2) is 8.42 Å². The summed E-state index contributed by atoms with van der Waals surface area (Å²) in [5.74, 6) is 0.0386. The summed E-state index contributed by atoms with van der Waals surface area (Å²) < 4.78 is 32.5. The fourth-order valence-corrected chi connectivity index (χ4v) is 2.31. The number of nitro benzene ring substituents is 1. The van der Waals surface area contributed by atoms with E-state index in [9.17, 15) is 18.5 Å². The van der Waals surface area contributed by atoms with Gasteiger partial charge in [-0.05, 0) is 6.07 Å². The molecule has 0 amide bonds. The van der Waals surface area contributed by atoms with Gasteiger partial charge >= 0.3 is 0 Å². The molecule has 9 nitrogen and oxygen atoms in total. The van der Waals surface area contributed by atoms with Gasteiger partial charge in [-0.15, -0.1) is 0 Å². The highest BCUT2D eigenvalue weighted by Gasteiger charge is 2.21. The molecular weight excluding hydrogens is 314 g/mol. The summed E-state index contributed by atoms with van der Waals surface area (Å²) in [5, 5.41) is 14.1. The van der Waals surface area contributed by atoms with Crippen molar-refractivity contribution in [2.75, 3.05) is 0 Å². The monoisotopic (exact) mass is 319 g/mol. The third kappa shape index (κ3) is 3.22. The van der Waals surface area contributed by atoms with E-state index in [0.717, 1.165) is 24.6 Å². The van der Waals surface area contributed by atoms with E-state index in [1.165, 1.54) is 0 Å². The Hall–Kier alpha value is -2.20. The maximum atomic E-state index is 11.4. The highest BCUT2D eigenvalue weighted by atomic mass is 35.7. The molecule has 0 fully saturated rings. The van der Waals surface area contributed by atoms with Crippen molar-refractivity contribution in [1.82, 2.24) is 10.1 Å². The van der Waals surface area contributed by atoms with E-state index < -0.39 is 24.6 Å². The number of hydrogen-bond acceptors (Lipinski definition) is 8. The van der Waals surface area contributed by atoms with Crippen molar-refractivity contribution in [1.29, 1.82) is 0 Å². The van der Waals surface area contributed by atoms with Crippen LogP contribution in [0.5, 0.6) is 5.75 Å². The zero-order valence-electron chi connectivity index (χ0n) is 9.59. The topological polar surface area (TPSA) is 125 Å². The third-order valence-electron chi connectivity index (χ3n) is 2.16. The lowest BCUT2D eigenvalue weighted by Crippen LogP contribution is -2.03. The van der Waals surface area contributed by atoms with Crippen LogP contribution in [0.2, 0.25) is 0 Å².